The Balaban J connectivity index is 1.94. The molecule has 0 spiro atoms. The Kier molecular flexibility index (Phi) is 5.56. The summed E-state index contributed by atoms with van der Waals surface area (Å²) in [7, 11) is -1.29. The number of fused-ring (bicyclic) bond motifs is 2. The SMILES string of the molecule is COC(=O)c1cccc2c1N(S(=O)(=O)c1ccc(OC)cc1)Cc1ccccc1CO2. The van der Waals surface area contributed by atoms with E-state index in [0.717, 1.165) is 11.1 Å². The number of nitrogens with zero attached hydrogens (tertiary/aromatic N) is 1. The molecular weight excluding hydrogens is 418 g/mol. The fourth-order valence-electron chi connectivity index (χ4n) is 3.49. The van der Waals surface area contributed by atoms with E-state index in [-0.39, 0.29) is 35.0 Å². The molecule has 0 aliphatic carbocycles. The van der Waals surface area contributed by atoms with E-state index in [1.807, 2.05) is 24.3 Å². The van der Waals surface area contributed by atoms with Gasteiger partial charge >= 0.3 is 5.97 Å². The van der Waals surface area contributed by atoms with E-state index in [1.165, 1.54) is 36.7 Å². The topological polar surface area (TPSA) is 82.1 Å². The first-order chi connectivity index (χ1) is 15.0. The van der Waals surface area contributed by atoms with E-state index in [0.29, 0.717) is 5.75 Å². The van der Waals surface area contributed by atoms with Gasteiger partial charge in [0.1, 0.15) is 23.8 Å². The molecule has 7 nitrogen and oxygen atoms in total. The monoisotopic (exact) mass is 439 g/mol. The minimum Gasteiger partial charge on any atom is -0.497 e. The van der Waals surface area contributed by atoms with Crippen molar-refractivity contribution in [2.24, 2.45) is 0 Å². The van der Waals surface area contributed by atoms with Crippen molar-refractivity contribution in [2.45, 2.75) is 18.0 Å². The lowest BCUT2D eigenvalue weighted by molar-refractivity contribution is 0.0601. The number of methoxy groups -OCH3 is 2. The van der Waals surface area contributed by atoms with Crippen molar-refractivity contribution in [3.63, 3.8) is 0 Å². The highest BCUT2D eigenvalue weighted by atomic mass is 32.2. The number of carbonyl (C=O) groups excluding carboxylic acids is 1. The number of rotatable bonds is 4. The molecule has 1 heterocycles. The zero-order chi connectivity index (χ0) is 22.0. The third kappa shape index (κ3) is 3.82. The van der Waals surface area contributed by atoms with Crippen molar-refractivity contribution in [3.8, 4) is 11.5 Å². The van der Waals surface area contributed by atoms with Crippen LogP contribution in [0.2, 0.25) is 0 Å². The van der Waals surface area contributed by atoms with E-state index in [9.17, 15) is 13.2 Å². The molecule has 0 amide bonds. The van der Waals surface area contributed by atoms with Crippen LogP contribution in [0.4, 0.5) is 5.69 Å². The first-order valence-corrected chi connectivity index (χ1v) is 11.0. The quantitative estimate of drug-likeness (QED) is 0.576. The van der Waals surface area contributed by atoms with Crippen LogP contribution in [-0.4, -0.2) is 28.6 Å². The largest absolute Gasteiger partial charge is 0.497 e. The summed E-state index contributed by atoms with van der Waals surface area (Å²) in [4.78, 5) is 12.6. The third-order valence-electron chi connectivity index (χ3n) is 5.12. The molecule has 8 heteroatoms. The standard InChI is InChI=1S/C23H21NO6S/c1-28-18-10-12-19(13-11-18)31(26,27)24-14-16-6-3-4-7-17(16)15-30-21-9-5-8-20(22(21)24)23(25)29-2/h3-13H,14-15H2,1-2H3. The molecule has 1 aliphatic heterocycles. The van der Waals surface area contributed by atoms with Gasteiger partial charge < -0.3 is 14.2 Å². The van der Waals surface area contributed by atoms with Crippen molar-refractivity contribution in [1.82, 2.24) is 0 Å². The fraction of sp³-hybridized carbons (Fsp3) is 0.174. The van der Waals surface area contributed by atoms with Gasteiger partial charge in [-0.05, 0) is 47.5 Å². The van der Waals surface area contributed by atoms with Gasteiger partial charge in [-0.15, -0.1) is 0 Å². The molecule has 0 unspecified atom stereocenters. The summed E-state index contributed by atoms with van der Waals surface area (Å²) in [6.45, 7) is 0.291. The van der Waals surface area contributed by atoms with Gasteiger partial charge in [0.25, 0.3) is 10.0 Å². The summed E-state index contributed by atoms with van der Waals surface area (Å²) in [5.41, 5.74) is 1.91. The van der Waals surface area contributed by atoms with Crippen LogP contribution in [0.25, 0.3) is 0 Å². The van der Waals surface area contributed by atoms with Crippen LogP contribution in [0.1, 0.15) is 21.5 Å². The van der Waals surface area contributed by atoms with E-state index >= 15 is 0 Å². The number of para-hydroxylation sites is 1. The van der Waals surface area contributed by atoms with Crippen LogP contribution in [0.5, 0.6) is 11.5 Å². The lowest BCUT2D eigenvalue weighted by Crippen LogP contribution is -2.34. The molecule has 31 heavy (non-hydrogen) atoms. The molecule has 0 saturated carbocycles. The van der Waals surface area contributed by atoms with Crippen LogP contribution < -0.4 is 13.8 Å². The van der Waals surface area contributed by atoms with E-state index in [1.54, 1.807) is 24.3 Å². The van der Waals surface area contributed by atoms with Crippen molar-refractivity contribution in [1.29, 1.82) is 0 Å². The Morgan fingerprint density at radius 1 is 0.935 bits per heavy atom. The Bertz CT molecular complexity index is 1220. The van der Waals surface area contributed by atoms with Gasteiger partial charge in [-0.1, -0.05) is 30.3 Å². The smallest absolute Gasteiger partial charge is 0.340 e. The van der Waals surface area contributed by atoms with Gasteiger partial charge in [-0.3, -0.25) is 4.31 Å². The molecule has 0 bridgehead atoms. The van der Waals surface area contributed by atoms with Gasteiger partial charge in [-0.25, -0.2) is 13.2 Å². The Labute approximate surface area is 180 Å². The Morgan fingerprint density at radius 3 is 2.32 bits per heavy atom. The maximum absolute atomic E-state index is 13.8. The lowest BCUT2D eigenvalue weighted by Gasteiger charge is -2.30. The molecule has 0 saturated heterocycles. The fourth-order valence-corrected chi connectivity index (χ4v) is 4.96. The lowest BCUT2D eigenvalue weighted by atomic mass is 10.1. The van der Waals surface area contributed by atoms with Crippen LogP contribution >= 0.6 is 0 Å². The average molecular weight is 439 g/mol. The summed E-state index contributed by atoms with van der Waals surface area (Å²) in [6, 6.07) is 18.4. The second kappa shape index (κ2) is 8.31. The first-order valence-electron chi connectivity index (χ1n) is 9.53. The average Bonchev–Trinajstić information content (AvgIpc) is 2.79. The molecule has 0 radical (unpaired) electrons. The predicted octanol–water partition coefficient (Wildman–Crippen LogP) is 3.77. The van der Waals surface area contributed by atoms with Crippen LogP contribution in [0, 0.1) is 0 Å². The number of carbonyl (C=O) groups is 1. The first kappa shape index (κ1) is 20.7. The van der Waals surface area contributed by atoms with Crippen LogP contribution in [0.15, 0.2) is 71.6 Å². The molecular formula is C23H21NO6S. The van der Waals surface area contributed by atoms with Crippen LogP contribution in [-0.2, 0) is 27.9 Å². The van der Waals surface area contributed by atoms with Crippen molar-refractivity contribution < 1.29 is 27.4 Å². The van der Waals surface area contributed by atoms with Crippen molar-refractivity contribution in [3.05, 3.63) is 83.4 Å². The molecule has 3 aromatic carbocycles. The van der Waals surface area contributed by atoms with Gasteiger partial charge in [0.15, 0.2) is 0 Å². The zero-order valence-corrected chi connectivity index (χ0v) is 17.9. The molecule has 160 valence electrons. The van der Waals surface area contributed by atoms with E-state index in [4.69, 9.17) is 14.2 Å². The van der Waals surface area contributed by atoms with Crippen molar-refractivity contribution in [2.75, 3.05) is 18.5 Å². The number of benzene rings is 3. The Hall–Kier alpha value is -3.52. The second-order valence-corrected chi connectivity index (χ2v) is 8.75. The predicted molar refractivity (Wildman–Crippen MR) is 115 cm³/mol. The zero-order valence-electron chi connectivity index (χ0n) is 17.1. The summed E-state index contributed by atoms with van der Waals surface area (Å²) in [5, 5.41) is 0. The number of sulfonamides is 1. The third-order valence-corrected chi connectivity index (χ3v) is 6.88. The van der Waals surface area contributed by atoms with Gasteiger partial charge in [0.2, 0.25) is 0 Å². The molecule has 1 aliphatic rings. The number of anilines is 1. The molecule has 0 N–H and O–H groups in total. The summed E-state index contributed by atoms with van der Waals surface area (Å²) in [5.74, 6) is 0.176. The highest BCUT2D eigenvalue weighted by Gasteiger charge is 2.33. The molecule has 4 rings (SSSR count). The van der Waals surface area contributed by atoms with Gasteiger partial charge in [-0.2, -0.15) is 0 Å². The summed E-state index contributed by atoms with van der Waals surface area (Å²) in [6.07, 6.45) is 0. The van der Waals surface area contributed by atoms with Gasteiger partial charge in [0.05, 0.1) is 31.2 Å². The summed E-state index contributed by atoms with van der Waals surface area (Å²) < 4.78 is 44.7. The molecule has 0 aromatic heterocycles. The number of hydrogen-bond donors (Lipinski definition) is 0. The highest BCUT2D eigenvalue weighted by molar-refractivity contribution is 7.92. The minimum atomic E-state index is -4.06. The number of hydrogen-bond acceptors (Lipinski definition) is 6. The molecule has 3 aromatic rings. The summed E-state index contributed by atoms with van der Waals surface area (Å²) >= 11 is 0. The van der Waals surface area contributed by atoms with E-state index in [2.05, 4.69) is 0 Å². The van der Waals surface area contributed by atoms with E-state index < -0.39 is 16.0 Å². The number of esters is 1. The minimum absolute atomic E-state index is 0.0366. The number of ether oxygens (including phenoxy) is 3. The highest BCUT2D eigenvalue weighted by Crippen LogP contribution is 2.40. The maximum Gasteiger partial charge on any atom is 0.340 e. The van der Waals surface area contributed by atoms with Crippen LogP contribution in [0.3, 0.4) is 0 Å². The van der Waals surface area contributed by atoms with Gasteiger partial charge in [0, 0.05) is 0 Å². The normalized spacial score (nSPS) is 13.2. The Morgan fingerprint density at radius 2 is 1.65 bits per heavy atom. The van der Waals surface area contributed by atoms with Crippen molar-refractivity contribution >= 4 is 21.7 Å². The second-order valence-electron chi connectivity index (χ2n) is 6.89. The maximum atomic E-state index is 13.8. The molecule has 0 atom stereocenters. The molecule has 0 fully saturated rings.